The van der Waals surface area contributed by atoms with Crippen LogP contribution in [0, 0.1) is 6.92 Å². The number of thiophene rings is 1. The number of piperidine rings is 1. The summed E-state index contributed by atoms with van der Waals surface area (Å²) in [4.78, 5) is 22.1. The van der Waals surface area contributed by atoms with E-state index in [9.17, 15) is 4.79 Å². The summed E-state index contributed by atoms with van der Waals surface area (Å²) in [7, 11) is 1.92. The van der Waals surface area contributed by atoms with Gasteiger partial charge in [-0.05, 0) is 48.9 Å². The highest BCUT2D eigenvalue weighted by Gasteiger charge is 2.28. The number of aromatic nitrogens is 1. The molecule has 0 spiro atoms. The Labute approximate surface area is 135 Å². The van der Waals surface area contributed by atoms with E-state index in [0.717, 1.165) is 42.2 Å². The third-order valence-electron chi connectivity index (χ3n) is 4.29. The van der Waals surface area contributed by atoms with Gasteiger partial charge in [-0.15, -0.1) is 11.3 Å². The van der Waals surface area contributed by atoms with Crippen molar-refractivity contribution in [2.24, 2.45) is 0 Å². The first-order valence-corrected chi connectivity index (χ1v) is 8.52. The summed E-state index contributed by atoms with van der Waals surface area (Å²) in [5, 5.41) is 1.98. The van der Waals surface area contributed by atoms with Gasteiger partial charge in [0.25, 0.3) is 5.91 Å². The molecule has 1 aliphatic heterocycles. The van der Waals surface area contributed by atoms with E-state index in [0.29, 0.717) is 0 Å². The van der Waals surface area contributed by atoms with Crippen LogP contribution in [-0.4, -0.2) is 42.0 Å². The second-order valence-corrected chi connectivity index (χ2v) is 6.69. The van der Waals surface area contributed by atoms with Gasteiger partial charge in [-0.3, -0.25) is 4.79 Å². The van der Waals surface area contributed by atoms with Crippen molar-refractivity contribution >= 4 is 23.1 Å². The quantitative estimate of drug-likeness (QED) is 0.873. The number of aryl methyl sites for hydroxylation is 1. The van der Waals surface area contributed by atoms with Gasteiger partial charge in [0.15, 0.2) is 0 Å². The number of pyridine rings is 1. The van der Waals surface area contributed by atoms with Crippen molar-refractivity contribution in [1.29, 1.82) is 0 Å². The number of rotatable bonds is 3. The first kappa shape index (κ1) is 15.0. The molecule has 0 saturated carbocycles. The zero-order valence-electron chi connectivity index (χ0n) is 13.0. The van der Waals surface area contributed by atoms with Crippen molar-refractivity contribution in [1.82, 2.24) is 9.88 Å². The first-order chi connectivity index (χ1) is 10.7. The molecule has 1 amide bonds. The molecule has 3 rings (SSSR count). The molecule has 0 bridgehead atoms. The van der Waals surface area contributed by atoms with Gasteiger partial charge in [0, 0.05) is 32.4 Å². The summed E-state index contributed by atoms with van der Waals surface area (Å²) in [5.74, 6) is 1.14. The smallest absolute Gasteiger partial charge is 0.264 e. The van der Waals surface area contributed by atoms with E-state index < -0.39 is 0 Å². The maximum absolute atomic E-state index is 12.7. The van der Waals surface area contributed by atoms with Gasteiger partial charge in [-0.25, -0.2) is 4.98 Å². The number of anilines is 1. The van der Waals surface area contributed by atoms with Crippen LogP contribution < -0.4 is 4.90 Å². The maximum atomic E-state index is 12.7. The van der Waals surface area contributed by atoms with Gasteiger partial charge in [0.2, 0.25) is 0 Å². The number of likely N-dealkylation sites (N-methyl/N-ethyl adjacent to an activating group) is 1. The van der Waals surface area contributed by atoms with Crippen LogP contribution >= 0.6 is 11.3 Å². The zero-order chi connectivity index (χ0) is 15.5. The summed E-state index contributed by atoms with van der Waals surface area (Å²) in [6.45, 7) is 3.86. The van der Waals surface area contributed by atoms with Crippen LogP contribution in [0.3, 0.4) is 0 Å². The van der Waals surface area contributed by atoms with E-state index in [1.165, 1.54) is 11.3 Å². The molecule has 1 saturated heterocycles. The largest absolute Gasteiger partial charge is 0.355 e. The van der Waals surface area contributed by atoms with E-state index in [1.54, 1.807) is 0 Å². The fourth-order valence-electron chi connectivity index (χ4n) is 2.94. The van der Waals surface area contributed by atoms with Gasteiger partial charge in [0.1, 0.15) is 5.82 Å². The Hall–Kier alpha value is -1.88. The molecule has 116 valence electrons. The molecular formula is C17H21N3OS. The molecule has 0 radical (unpaired) electrons. The molecule has 0 unspecified atom stereocenters. The van der Waals surface area contributed by atoms with Gasteiger partial charge < -0.3 is 9.80 Å². The average molecular weight is 315 g/mol. The lowest BCUT2D eigenvalue weighted by molar-refractivity contribution is 0.0721. The van der Waals surface area contributed by atoms with Crippen LogP contribution in [-0.2, 0) is 0 Å². The Morgan fingerprint density at radius 2 is 2.27 bits per heavy atom. The minimum atomic E-state index is 0.139. The topological polar surface area (TPSA) is 36.4 Å². The van der Waals surface area contributed by atoms with E-state index in [-0.39, 0.29) is 11.9 Å². The second-order valence-electron chi connectivity index (χ2n) is 5.78. The third kappa shape index (κ3) is 2.99. The molecular weight excluding hydrogens is 294 g/mol. The highest BCUT2D eigenvalue weighted by molar-refractivity contribution is 7.12. The number of carbonyl (C=O) groups excluding carboxylic acids is 1. The Balaban J connectivity index is 1.72. The Kier molecular flexibility index (Phi) is 4.43. The lowest BCUT2D eigenvalue weighted by atomic mass is 10.0. The molecule has 1 aliphatic rings. The molecule has 1 atom stereocenters. The molecule has 2 aromatic heterocycles. The van der Waals surface area contributed by atoms with E-state index >= 15 is 0 Å². The van der Waals surface area contributed by atoms with Crippen molar-refractivity contribution in [2.45, 2.75) is 25.8 Å². The molecule has 1 fully saturated rings. The highest BCUT2D eigenvalue weighted by atomic mass is 32.1. The summed E-state index contributed by atoms with van der Waals surface area (Å²) in [6, 6.07) is 8.22. The van der Waals surface area contributed by atoms with Gasteiger partial charge >= 0.3 is 0 Å². The van der Waals surface area contributed by atoms with Crippen LogP contribution in [0.5, 0.6) is 0 Å². The Morgan fingerprint density at radius 3 is 2.95 bits per heavy atom. The summed E-state index contributed by atoms with van der Waals surface area (Å²) in [5.41, 5.74) is 1.07. The predicted molar refractivity (Wildman–Crippen MR) is 90.6 cm³/mol. The third-order valence-corrected chi connectivity index (χ3v) is 5.30. The number of hydrogen-bond acceptors (Lipinski definition) is 4. The lowest BCUT2D eigenvalue weighted by Crippen LogP contribution is -2.48. The number of nitrogens with zero attached hydrogens (tertiary/aromatic N) is 3. The van der Waals surface area contributed by atoms with E-state index in [2.05, 4.69) is 9.88 Å². The van der Waals surface area contributed by atoms with Crippen molar-refractivity contribution in [3.05, 3.63) is 46.3 Å². The fourth-order valence-corrected chi connectivity index (χ4v) is 3.84. The molecule has 0 aliphatic carbocycles. The summed E-state index contributed by atoms with van der Waals surface area (Å²) in [6.07, 6.45) is 3.96. The summed E-state index contributed by atoms with van der Waals surface area (Å²) < 4.78 is 0. The monoisotopic (exact) mass is 315 g/mol. The number of carbonyl (C=O) groups is 1. The highest BCUT2D eigenvalue weighted by Crippen LogP contribution is 2.23. The van der Waals surface area contributed by atoms with Gasteiger partial charge in [0.05, 0.1) is 4.88 Å². The fraction of sp³-hybridized carbons (Fsp3) is 0.412. The molecule has 0 aromatic carbocycles. The molecule has 5 heteroatoms. The van der Waals surface area contributed by atoms with Crippen LogP contribution in [0.1, 0.15) is 28.1 Å². The number of amides is 1. The van der Waals surface area contributed by atoms with Gasteiger partial charge in [-0.1, -0.05) is 6.07 Å². The molecule has 22 heavy (non-hydrogen) atoms. The lowest BCUT2D eigenvalue weighted by Gasteiger charge is -2.38. The first-order valence-electron chi connectivity index (χ1n) is 7.64. The normalized spacial score (nSPS) is 18.3. The zero-order valence-corrected chi connectivity index (χ0v) is 13.8. The minimum Gasteiger partial charge on any atom is -0.355 e. The standard InChI is InChI=1S/C17H21N3OS/c1-13-8-11-22-16(13)17(21)19(2)14-6-5-10-20(12-14)15-7-3-4-9-18-15/h3-4,7-9,11,14H,5-6,10,12H2,1-2H3/t14-/m1/s1. The van der Waals surface area contributed by atoms with Crippen molar-refractivity contribution in [2.75, 3.05) is 25.0 Å². The van der Waals surface area contributed by atoms with Crippen LogP contribution in [0.2, 0.25) is 0 Å². The minimum absolute atomic E-state index is 0.139. The Morgan fingerprint density at radius 1 is 1.41 bits per heavy atom. The van der Waals surface area contributed by atoms with Crippen molar-refractivity contribution in [3.63, 3.8) is 0 Å². The van der Waals surface area contributed by atoms with Crippen molar-refractivity contribution in [3.8, 4) is 0 Å². The summed E-state index contributed by atoms with van der Waals surface area (Å²) >= 11 is 1.53. The molecule has 4 nitrogen and oxygen atoms in total. The van der Waals surface area contributed by atoms with E-state index in [1.807, 2.05) is 54.7 Å². The average Bonchev–Trinajstić information content (AvgIpc) is 3.00. The van der Waals surface area contributed by atoms with Crippen LogP contribution in [0.15, 0.2) is 35.8 Å². The van der Waals surface area contributed by atoms with Gasteiger partial charge in [-0.2, -0.15) is 0 Å². The van der Waals surface area contributed by atoms with Crippen molar-refractivity contribution < 1.29 is 4.79 Å². The second kappa shape index (κ2) is 6.48. The van der Waals surface area contributed by atoms with Crippen LogP contribution in [0.25, 0.3) is 0 Å². The molecule has 0 N–H and O–H groups in total. The van der Waals surface area contributed by atoms with Crippen LogP contribution in [0.4, 0.5) is 5.82 Å². The maximum Gasteiger partial charge on any atom is 0.264 e. The molecule has 3 heterocycles. The predicted octanol–water partition coefficient (Wildman–Crippen LogP) is 3.19. The Bertz CT molecular complexity index is 640. The SMILES string of the molecule is Cc1ccsc1C(=O)N(C)[C@@H]1CCCN(c2ccccn2)C1. The number of hydrogen-bond donors (Lipinski definition) is 0. The van der Waals surface area contributed by atoms with E-state index in [4.69, 9.17) is 0 Å². The molecule has 2 aromatic rings.